The Balaban J connectivity index is 3.06. The van der Waals surface area contributed by atoms with E-state index in [2.05, 4.69) is 15.9 Å². The highest BCUT2D eigenvalue weighted by atomic mass is 79.9. The van der Waals surface area contributed by atoms with Gasteiger partial charge in [-0.15, -0.1) is 0 Å². The van der Waals surface area contributed by atoms with Gasteiger partial charge in [-0.3, -0.25) is 4.79 Å². The summed E-state index contributed by atoms with van der Waals surface area (Å²) in [4.78, 5) is 10.8. The van der Waals surface area contributed by atoms with Crippen molar-refractivity contribution >= 4 is 21.7 Å². The van der Waals surface area contributed by atoms with E-state index in [9.17, 15) is 9.90 Å². The molecule has 0 spiro atoms. The van der Waals surface area contributed by atoms with Gasteiger partial charge in [0, 0.05) is 16.5 Å². The summed E-state index contributed by atoms with van der Waals surface area (Å²) in [6, 6.07) is 3.48. The molecule has 0 aliphatic rings. The lowest BCUT2D eigenvalue weighted by molar-refractivity contribution is -0.116. The largest absolute Gasteiger partial charge is 0.508 e. The number of rotatable bonds is 2. The van der Waals surface area contributed by atoms with Gasteiger partial charge in [0.15, 0.2) is 0 Å². The van der Waals surface area contributed by atoms with E-state index >= 15 is 0 Å². The predicted octanol–water partition coefficient (Wildman–Crippen LogP) is 2.59. The Morgan fingerprint density at radius 2 is 2.15 bits per heavy atom. The van der Waals surface area contributed by atoms with Crippen LogP contribution in [0.2, 0.25) is 0 Å². The first-order valence-electron chi connectivity index (χ1n) is 3.98. The quantitative estimate of drug-likeness (QED) is 0.866. The molecule has 0 bridgehead atoms. The van der Waals surface area contributed by atoms with Crippen molar-refractivity contribution in [2.45, 2.75) is 20.3 Å². The van der Waals surface area contributed by atoms with Crippen LogP contribution in [0.5, 0.6) is 5.75 Å². The van der Waals surface area contributed by atoms with E-state index in [-0.39, 0.29) is 11.5 Å². The van der Waals surface area contributed by atoms with E-state index in [4.69, 9.17) is 0 Å². The lowest BCUT2D eigenvalue weighted by Crippen LogP contribution is -1.96. The zero-order valence-corrected chi connectivity index (χ0v) is 9.18. The third-order valence-corrected chi connectivity index (χ3v) is 2.65. The van der Waals surface area contributed by atoms with Crippen molar-refractivity contribution in [1.29, 1.82) is 0 Å². The normalized spacial score (nSPS) is 10.1. The topological polar surface area (TPSA) is 37.3 Å². The SMILES string of the molecule is CC(=O)Cc1cc(O)c(C)c(Br)c1. The molecule has 0 radical (unpaired) electrons. The summed E-state index contributed by atoms with van der Waals surface area (Å²) in [7, 11) is 0. The molecule has 0 fully saturated rings. The van der Waals surface area contributed by atoms with Crippen molar-refractivity contribution in [2.75, 3.05) is 0 Å². The zero-order valence-electron chi connectivity index (χ0n) is 7.60. The zero-order chi connectivity index (χ0) is 10.0. The molecule has 2 nitrogen and oxygen atoms in total. The minimum Gasteiger partial charge on any atom is -0.508 e. The fraction of sp³-hybridized carbons (Fsp3) is 0.300. The Bertz CT molecular complexity index is 322. The fourth-order valence-electron chi connectivity index (χ4n) is 1.11. The Kier molecular flexibility index (Phi) is 3.09. The van der Waals surface area contributed by atoms with Crippen molar-refractivity contribution in [3.05, 3.63) is 27.7 Å². The molecule has 0 saturated carbocycles. The van der Waals surface area contributed by atoms with E-state index in [1.165, 1.54) is 6.92 Å². The molecule has 1 aromatic carbocycles. The van der Waals surface area contributed by atoms with Gasteiger partial charge in [-0.25, -0.2) is 0 Å². The summed E-state index contributed by atoms with van der Waals surface area (Å²) in [6.07, 6.45) is 0.367. The fourth-order valence-corrected chi connectivity index (χ4v) is 1.61. The number of phenols is 1. The summed E-state index contributed by atoms with van der Waals surface area (Å²) in [5.41, 5.74) is 1.63. The minimum atomic E-state index is 0.0927. The van der Waals surface area contributed by atoms with Crippen LogP contribution in [0.25, 0.3) is 0 Å². The van der Waals surface area contributed by atoms with Gasteiger partial charge in [-0.05, 0) is 31.5 Å². The van der Waals surface area contributed by atoms with Crippen LogP contribution >= 0.6 is 15.9 Å². The molecule has 0 saturated heterocycles. The molecule has 1 rings (SSSR count). The van der Waals surface area contributed by atoms with Crippen LogP contribution in [0.1, 0.15) is 18.1 Å². The van der Waals surface area contributed by atoms with Crippen molar-refractivity contribution in [3.63, 3.8) is 0 Å². The van der Waals surface area contributed by atoms with Crippen LogP contribution < -0.4 is 0 Å². The average molecular weight is 243 g/mol. The van der Waals surface area contributed by atoms with Gasteiger partial charge in [0.05, 0.1) is 0 Å². The third-order valence-electron chi connectivity index (χ3n) is 1.83. The summed E-state index contributed by atoms with van der Waals surface area (Å²) < 4.78 is 0.837. The van der Waals surface area contributed by atoms with Gasteiger partial charge in [-0.2, -0.15) is 0 Å². The summed E-state index contributed by atoms with van der Waals surface area (Å²) >= 11 is 3.32. The highest BCUT2D eigenvalue weighted by molar-refractivity contribution is 9.10. The molecule has 0 aliphatic heterocycles. The van der Waals surface area contributed by atoms with E-state index in [1.807, 2.05) is 13.0 Å². The highest BCUT2D eigenvalue weighted by Crippen LogP contribution is 2.27. The minimum absolute atomic E-state index is 0.0927. The van der Waals surface area contributed by atoms with Crippen LogP contribution in [0, 0.1) is 6.92 Å². The molecule has 1 aromatic rings. The van der Waals surface area contributed by atoms with Crippen molar-refractivity contribution in [1.82, 2.24) is 0 Å². The average Bonchev–Trinajstić information content (AvgIpc) is 1.98. The van der Waals surface area contributed by atoms with Gasteiger partial charge >= 0.3 is 0 Å². The van der Waals surface area contributed by atoms with Crippen molar-refractivity contribution in [3.8, 4) is 5.75 Å². The first-order chi connectivity index (χ1) is 6.00. The van der Waals surface area contributed by atoms with Crippen LogP contribution in [-0.2, 0) is 11.2 Å². The number of aromatic hydroxyl groups is 1. The van der Waals surface area contributed by atoms with Crippen molar-refractivity contribution in [2.24, 2.45) is 0 Å². The molecular formula is C10H11BrO2. The van der Waals surface area contributed by atoms with Gasteiger partial charge in [-0.1, -0.05) is 15.9 Å². The summed E-state index contributed by atoms with van der Waals surface area (Å²) in [5, 5.41) is 9.45. The van der Waals surface area contributed by atoms with Crippen LogP contribution in [0.3, 0.4) is 0 Å². The Labute approximate surface area is 85.7 Å². The maximum Gasteiger partial charge on any atom is 0.134 e. The summed E-state index contributed by atoms with van der Waals surface area (Å²) in [5.74, 6) is 0.320. The number of ketones is 1. The molecule has 3 heteroatoms. The lowest BCUT2D eigenvalue weighted by atomic mass is 10.1. The highest BCUT2D eigenvalue weighted by Gasteiger charge is 2.05. The molecule has 70 valence electrons. The molecule has 0 aromatic heterocycles. The number of halogens is 1. The smallest absolute Gasteiger partial charge is 0.134 e. The number of benzene rings is 1. The Morgan fingerprint density at radius 3 is 2.62 bits per heavy atom. The van der Waals surface area contributed by atoms with E-state index < -0.39 is 0 Å². The Morgan fingerprint density at radius 1 is 1.54 bits per heavy atom. The number of carbonyl (C=O) groups is 1. The molecule has 13 heavy (non-hydrogen) atoms. The molecule has 0 unspecified atom stereocenters. The van der Waals surface area contributed by atoms with E-state index in [0.29, 0.717) is 6.42 Å². The van der Waals surface area contributed by atoms with Gasteiger partial charge in [0.2, 0.25) is 0 Å². The van der Waals surface area contributed by atoms with Gasteiger partial charge in [0.1, 0.15) is 11.5 Å². The first kappa shape index (κ1) is 10.3. The van der Waals surface area contributed by atoms with Crippen LogP contribution in [0.4, 0.5) is 0 Å². The number of hydrogen-bond donors (Lipinski definition) is 1. The summed E-state index contributed by atoms with van der Waals surface area (Å²) in [6.45, 7) is 3.35. The van der Waals surface area contributed by atoms with Gasteiger partial charge in [0.25, 0.3) is 0 Å². The third kappa shape index (κ3) is 2.56. The second-order valence-electron chi connectivity index (χ2n) is 3.10. The van der Waals surface area contributed by atoms with Gasteiger partial charge < -0.3 is 5.11 Å². The first-order valence-corrected chi connectivity index (χ1v) is 4.77. The Hall–Kier alpha value is -0.830. The molecule has 1 N–H and O–H groups in total. The second-order valence-corrected chi connectivity index (χ2v) is 3.95. The number of phenolic OH excluding ortho intramolecular Hbond substituents is 1. The maximum atomic E-state index is 10.8. The maximum absolute atomic E-state index is 10.8. The second kappa shape index (κ2) is 3.92. The predicted molar refractivity (Wildman–Crippen MR) is 54.9 cm³/mol. The molecule has 0 heterocycles. The molecule has 0 atom stereocenters. The monoisotopic (exact) mass is 242 g/mol. The van der Waals surface area contributed by atoms with E-state index in [0.717, 1.165) is 15.6 Å². The van der Waals surface area contributed by atoms with E-state index in [1.54, 1.807) is 6.07 Å². The van der Waals surface area contributed by atoms with Crippen molar-refractivity contribution < 1.29 is 9.90 Å². The number of carbonyl (C=O) groups excluding carboxylic acids is 1. The lowest BCUT2D eigenvalue weighted by Gasteiger charge is -2.05. The number of Topliss-reactive ketones (excluding diaryl/α,β-unsaturated/α-hetero) is 1. The van der Waals surface area contributed by atoms with Crippen LogP contribution in [0.15, 0.2) is 16.6 Å². The molecule has 0 aliphatic carbocycles. The number of hydrogen-bond acceptors (Lipinski definition) is 2. The molecule has 0 amide bonds. The van der Waals surface area contributed by atoms with Crippen LogP contribution in [-0.4, -0.2) is 10.9 Å². The standard InChI is InChI=1S/C10H11BrO2/c1-6(12)3-8-4-9(11)7(2)10(13)5-8/h4-5,13H,3H2,1-2H3. The molecular weight excluding hydrogens is 232 g/mol.